The first-order valence-electron chi connectivity index (χ1n) is 14.4. The standard InChI is InChI=1S/C31H44N2O5S2/c1-4-20-40(37,38)33(18-16-24-11-6-5-7-12-24)22-25-14-15-27(28(21-25)26-13-9-8-10-23(26)2)30(34)32-29(31(35)36)17-19-39-3/h8-10,13-15,21,24,29H,4-7,11-12,16-20,22H2,1-3H3,(H,32,34)(H,35,36)/t29-/m0/s1. The third-order valence-electron chi connectivity index (χ3n) is 7.70. The van der Waals surface area contributed by atoms with Crippen LogP contribution in [0.25, 0.3) is 11.1 Å². The van der Waals surface area contributed by atoms with Crippen molar-refractivity contribution in [2.45, 2.75) is 77.8 Å². The lowest BCUT2D eigenvalue weighted by molar-refractivity contribution is -0.139. The molecule has 1 aliphatic rings. The molecule has 0 aliphatic heterocycles. The number of nitrogens with zero attached hydrogens (tertiary/aromatic N) is 1. The molecule has 1 amide bonds. The molecule has 2 aromatic rings. The molecule has 2 aromatic carbocycles. The Labute approximate surface area is 244 Å². The van der Waals surface area contributed by atoms with E-state index in [0.717, 1.165) is 36.0 Å². The van der Waals surface area contributed by atoms with E-state index in [1.165, 1.54) is 31.0 Å². The van der Waals surface area contributed by atoms with Crippen molar-refractivity contribution >= 4 is 33.7 Å². The number of hydrogen-bond acceptors (Lipinski definition) is 5. The zero-order valence-corrected chi connectivity index (χ0v) is 25.7. The summed E-state index contributed by atoms with van der Waals surface area (Å²) in [6.07, 6.45) is 9.67. The van der Waals surface area contributed by atoms with Crippen LogP contribution in [0, 0.1) is 12.8 Å². The van der Waals surface area contributed by atoms with E-state index >= 15 is 0 Å². The maximum atomic E-state index is 13.4. The number of rotatable bonds is 15. The average Bonchev–Trinajstić information content (AvgIpc) is 2.93. The number of sulfonamides is 1. The molecule has 0 spiro atoms. The molecular weight excluding hydrogens is 544 g/mol. The van der Waals surface area contributed by atoms with Crippen molar-refractivity contribution < 1.29 is 23.1 Å². The topological polar surface area (TPSA) is 104 Å². The maximum absolute atomic E-state index is 13.4. The lowest BCUT2D eigenvalue weighted by Gasteiger charge is -2.27. The van der Waals surface area contributed by atoms with Crippen molar-refractivity contribution in [2.24, 2.45) is 5.92 Å². The Kier molecular flexibility index (Phi) is 12.5. The molecular formula is C31H44N2O5S2. The number of carbonyl (C=O) groups excluding carboxylic acids is 1. The SMILES string of the molecule is CCCS(=O)(=O)N(CCC1CCCCC1)Cc1ccc(C(=O)N[C@@H](CCSC)C(=O)O)c(-c2ccccc2C)c1. The minimum absolute atomic E-state index is 0.107. The van der Waals surface area contributed by atoms with Gasteiger partial charge in [-0.05, 0) is 78.5 Å². The normalized spacial score (nSPS) is 15.2. The molecule has 0 radical (unpaired) electrons. The van der Waals surface area contributed by atoms with Crippen LogP contribution in [0.2, 0.25) is 0 Å². The predicted octanol–water partition coefficient (Wildman–Crippen LogP) is 6.11. The van der Waals surface area contributed by atoms with Crippen molar-refractivity contribution in [3.8, 4) is 11.1 Å². The Morgan fingerprint density at radius 1 is 1.10 bits per heavy atom. The largest absolute Gasteiger partial charge is 0.480 e. The molecule has 40 heavy (non-hydrogen) atoms. The summed E-state index contributed by atoms with van der Waals surface area (Å²) in [7, 11) is -3.43. The van der Waals surface area contributed by atoms with Crippen LogP contribution in [0.15, 0.2) is 42.5 Å². The number of aliphatic carboxylic acids is 1. The molecule has 1 atom stereocenters. The van der Waals surface area contributed by atoms with E-state index in [1.807, 2.05) is 50.4 Å². The second kappa shape index (κ2) is 15.6. The van der Waals surface area contributed by atoms with Crippen molar-refractivity contribution in [1.82, 2.24) is 9.62 Å². The lowest BCUT2D eigenvalue weighted by Crippen LogP contribution is -2.41. The smallest absolute Gasteiger partial charge is 0.326 e. The molecule has 1 aliphatic carbocycles. The zero-order valence-electron chi connectivity index (χ0n) is 24.0. The first kappa shape index (κ1) is 32.2. The third kappa shape index (κ3) is 9.08. The highest BCUT2D eigenvalue weighted by Gasteiger charge is 2.26. The summed E-state index contributed by atoms with van der Waals surface area (Å²) >= 11 is 1.53. The highest BCUT2D eigenvalue weighted by molar-refractivity contribution is 7.98. The lowest BCUT2D eigenvalue weighted by atomic mass is 9.87. The predicted molar refractivity (Wildman–Crippen MR) is 164 cm³/mol. The maximum Gasteiger partial charge on any atom is 0.326 e. The Bertz CT molecular complexity index is 1240. The number of aryl methyl sites for hydroxylation is 1. The molecule has 7 nitrogen and oxygen atoms in total. The van der Waals surface area contributed by atoms with Crippen molar-refractivity contribution in [2.75, 3.05) is 24.3 Å². The molecule has 1 fully saturated rings. The van der Waals surface area contributed by atoms with Gasteiger partial charge in [0.25, 0.3) is 5.91 Å². The zero-order chi connectivity index (χ0) is 29.1. The van der Waals surface area contributed by atoms with Gasteiger partial charge in [-0.15, -0.1) is 0 Å². The summed E-state index contributed by atoms with van der Waals surface area (Å²) < 4.78 is 28.2. The fourth-order valence-electron chi connectivity index (χ4n) is 5.42. The molecule has 9 heteroatoms. The quantitative estimate of drug-likeness (QED) is 0.260. The van der Waals surface area contributed by atoms with Gasteiger partial charge in [-0.1, -0.05) is 69.4 Å². The second-order valence-corrected chi connectivity index (χ2v) is 13.9. The molecule has 220 valence electrons. The number of nitrogens with one attached hydrogen (secondary N) is 1. The van der Waals surface area contributed by atoms with Gasteiger partial charge in [-0.2, -0.15) is 16.1 Å². The van der Waals surface area contributed by atoms with Gasteiger partial charge in [0, 0.05) is 18.7 Å². The van der Waals surface area contributed by atoms with Crippen LogP contribution < -0.4 is 5.32 Å². The Hall–Kier alpha value is -2.36. The number of hydrogen-bond donors (Lipinski definition) is 2. The number of carboxylic acids is 1. The first-order valence-corrected chi connectivity index (χ1v) is 17.4. The molecule has 0 heterocycles. The Morgan fingerprint density at radius 2 is 1.82 bits per heavy atom. The fraction of sp³-hybridized carbons (Fsp3) is 0.548. The van der Waals surface area contributed by atoms with Crippen LogP contribution in [0.5, 0.6) is 0 Å². The van der Waals surface area contributed by atoms with Gasteiger partial charge in [-0.25, -0.2) is 13.2 Å². The minimum atomic E-state index is -3.43. The Morgan fingerprint density at radius 3 is 2.48 bits per heavy atom. The van der Waals surface area contributed by atoms with Crippen molar-refractivity contribution in [3.05, 3.63) is 59.2 Å². The molecule has 0 aromatic heterocycles. The van der Waals surface area contributed by atoms with Gasteiger partial charge in [0.05, 0.1) is 5.75 Å². The number of benzene rings is 2. The molecule has 0 saturated heterocycles. The van der Waals surface area contributed by atoms with Gasteiger partial charge in [-0.3, -0.25) is 4.79 Å². The van der Waals surface area contributed by atoms with Crippen molar-refractivity contribution in [1.29, 1.82) is 0 Å². The Balaban J connectivity index is 1.94. The van der Waals surface area contributed by atoms with Crippen molar-refractivity contribution in [3.63, 3.8) is 0 Å². The van der Waals surface area contributed by atoms with Gasteiger partial charge < -0.3 is 10.4 Å². The molecule has 2 N–H and O–H groups in total. The van der Waals surface area contributed by atoms with E-state index < -0.39 is 27.9 Å². The molecule has 0 unspecified atom stereocenters. The summed E-state index contributed by atoms with van der Waals surface area (Å²) in [5.74, 6) is -0.230. The average molecular weight is 589 g/mol. The fourth-order valence-corrected chi connectivity index (χ4v) is 7.40. The third-order valence-corrected chi connectivity index (χ3v) is 10.4. The highest BCUT2D eigenvalue weighted by Crippen LogP contribution is 2.30. The summed E-state index contributed by atoms with van der Waals surface area (Å²) in [6.45, 7) is 4.57. The second-order valence-electron chi connectivity index (χ2n) is 10.8. The first-order chi connectivity index (χ1) is 19.2. The van der Waals surface area contributed by atoms with Crippen LogP contribution >= 0.6 is 11.8 Å². The molecule has 0 bridgehead atoms. The van der Waals surface area contributed by atoms with Gasteiger partial charge in [0.15, 0.2) is 0 Å². The highest BCUT2D eigenvalue weighted by atomic mass is 32.2. The number of amides is 1. The number of carboxylic acid groups (broad SMARTS) is 1. The van der Waals surface area contributed by atoms with Gasteiger partial charge in [0.1, 0.15) is 6.04 Å². The molecule has 1 saturated carbocycles. The van der Waals surface area contributed by atoms with E-state index in [9.17, 15) is 23.1 Å². The van der Waals surface area contributed by atoms with E-state index in [0.29, 0.717) is 42.2 Å². The summed E-state index contributed by atoms with van der Waals surface area (Å²) in [5.41, 5.74) is 3.67. The van der Waals surface area contributed by atoms with Crippen LogP contribution in [0.1, 0.15) is 79.8 Å². The van der Waals surface area contributed by atoms with Gasteiger partial charge >= 0.3 is 5.97 Å². The van der Waals surface area contributed by atoms with Gasteiger partial charge in [0.2, 0.25) is 10.0 Å². The minimum Gasteiger partial charge on any atom is -0.480 e. The number of carbonyl (C=O) groups is 2. The summed E-state index contributed by atoms with van der Waals surface area (Å²) in [6, 6.07) is 12.1. The monoisotopic (exact) mass is 588 g/mol. The van der Waals surface area contributed by atoms with E-state index in [4.69, 9.17) is 0 Å². The van der Waals surface area contributed by atoms with Crippen LogP contribution in [-0.2, 0) is 21.4 Å². The number of thioether (sulfide) groups is 1. The van der Waals surface area contributed by atoms with E-state index in [-0.39, 0.29) is 12.3 Å². The summed E-state index contributed by atoms with van der Waals surface area (Å²) in [5, 5.41) is 12.3. The van der Waals surface area contributed by atoms with Crippen LogP contribution in [0.3, 0.4) is 0 Å². The van der Waals surface area contributed by atoms with E-state index in [1.54, 1.807) is 16.4 Å². The van der Waals surface area contributed by atoms with Crippen LogP contribution in [0.4, 0.5) is 0 Å². The molecule has 3 rings (SSSR count). The summed E-state index contributed by atoms with van der Waals surface area (Å²) in [4.78, 5) is 25.2. The van der Waals surface area contributed by atoms with Crippen LogP contribution in [-0.4, -0.2) is 60.1 Å². The van der Waals surface area contributed by atoms with E-state index in [2.05, 4.69) is 5.32 Å².